The molecule has 1 heterocycles. The molecular formula is C25H21BrFN3O3S2. The van der Waals surface area contributed by atoms with Gasteiger partial charge >= 0.3 is 0 Å². The van der Waals surface area contributed by atoms with Crippen LogP contribution in [0, 0.1) is 5.82 Å². The van der Waals surface area contributed by atoms with Crippen LogP contribution in [0.25, 0.3) is 10.2 Å². The average molecular weight is 574 g/mol. The number of para-hydroxylation sites is 1. The Labute approximate surface area is 218 Å². The zero-order valence-electron chi connectivity index (χ0n) is 18.7. The molecule has 0 aliphatic rings. The molecule has 0 unspecified atom stereocenters. The van der Waals surface area contributed by atoms with Crippen LogP contribution in [0.4, 0.5) is 4.39 Å². The number of aromatic nitrogens is 1. The number of thiazole rings is 1. The zero-order chi connectivity index (χ0) is 24.6. The predicted molar refractivity (Wildman–Crippen MR) is 142 cm³/mol. The lowest BCUT2D eigenvalue weighted by Gasteiger charge is -2.15. The van der Waals surface area contributed by atoms with Crippen molar-refractivity contribution in [2.45, 2.75) is 17.9 Å². The van der Waals surface area contributed by atoms with Gasteiger partial charge in [-0.3, -0.25) is 4.79 Å². The highest BCUT2D eigenvalue weighted by Gasteiger charge is 2.13. The Balaban J connectivity index is 1.36. The molecule has 0 fully saturated rings. The minimum Gasteiger partial charge on any atom is -0.490 e. The van der Waals surface area contributed by atoms with Crippen molar-refractivity contribution in [2.24, 2.45) is 5.10 Å². The van der Waals surface area contributed by atoms with Crippen LogP contribution in [0.2, 0.25) is 0 Å². The van der Waals surface area contributed by atoms with Crippen LogP contribution in [-0.4, -0.2) is 29.5 Å². The number of ether oxygens (including phenoxy) is 2. The SMILES string of the molecule is CCOc1cc(/C=N\NC(=O)CSc2nc3ccccc3s2)cc(Br)c1OCc1ccccc1F. The Morgan fingerprint density at radius 3 is 2.80 bits per heavy atom. The topological polar surface area (TPSA) is 72.8 Å². The molecule has 3 aromatic carbocycles. The number of nitrogens with one attached hydrogen (secondary N) is 1. The van der Waals surface area contributed by atoms with Gasteiger partial charge in [0.1, 0.15) is 12.4 Å². The number of rotatable bonds is 10. The highest BCUT2D eigenvalue weighted by atomic mass is 79.9. The van der Waals surface area contributed by atoms with Crippen molar-refractivity contribution in [2.75, 3.05) is 12.4 Å². The molecule has 10 heteroatoms. The van der Waals surface area contributed by atoms with Crippen molar-refractivity contribution in [3.63, 3.8) is 0 Å². The van der Waals surface area contributed by atoms with Gasteiger partial charge in [-0.1, -0.05) is 42.1 Å². The maximum atomic E-state index is 13.9. The molecule has 0 atom stereocenters. The number of carbonyl (C=O) groups excluding carboxylic acids is 1. The van der Waals surface area contributed by atoms with E-state index in [1.165, 1.54) is 24.0 Å². The normalized spacial score (nSPS) is 11.2. The number of hydrogen-bond donors (Lipinski definition) is 1. The molecule has 0 spiro atoms. The Kier molecular flexibility index (Phi) is 8.73. The summed E-state index contributed by atoms with van der Waals surface area (Å²) in [4.78, 5) is 16.7. The zero-order valence-corrected chi connectivity index (χ0v) is 21.9. The standard InChI is InChI=1S/C25H21BrFN3O3S2/c1-2-32-21-12-16(11-18(26)24(21)33-14-17-7-3-4-8-19(17)27)13-28-30-23(31)15-34-25-29-20-9-5-6-10-22(20)35-25/h3-13H,2,14-15H2,1H3,(H,30,31)/b28-13-. The van der Waals surface area contributed by atoms with Crippen molar-refractivity contribution in [3.8, 4) is 11.5 Å². The molecule has 0 saturated carbocycles. The van der Waals surface area contributed by atoms with E-state index in [9.17, 15) is 9.18 Å². The second-order valence-electron chi connectivity index (χ2n) is 7.17. The number of nitrogens with zero attached hydrogens (tertiary/aromatic N) is 2. The van der Waals surface area contributed by atoms with Crippen molar-refractivity contribution in [3.05, 3.63) is 82.1 Å². The van der Waals surface area contributed by atoms with Crippen LogP contribution in [0.3, 0.4) is 0 Å². The van der Waals surface area contributed by atoms with Crippen molar-refractivity contribution >= 4 is 61.4 Å². The first-order valence-corrected chi connectivity index (χ1v) is 13.3. The Hall–Kier alpha value is -2.95. The monoisotopic (exact) mass is 573 g/mol. The van der Waals surface area contributed by atoms with Crippen LogP contribution >= 0.6 is 39.0 Å². The van der Waals surface area contributed by atoms with Crippen LogP contribution in [0.1, 0.15) is 18.1 Å². The number of halogens is 2. The number of carbonyl (C=O) groups is 1. The number of thioether (sulfide) groups is 1. The van der Waals surface area contributed by atoms with E-state index in [1.54, 1.807) is 41.7 Å². The van der Waals surface area contributed by atoms with E-state index in [4.69, 9.17) is 9.47 Å². The third-order valence-electron chi connectivity index (χ3n) is 4.67. The summed E-state index contributed by atoms with van der Waals surface area (Å²) < 4.78 is 28.0. The Morgan fingerprint density at radius 1 is 1.20 bits per heavy atom. The lowest BCUT2D eigenvalue weighted by Crippen LogP contribution is -2.19. The molecule has 0 saturated heterocycles. The van der Waals surface area contributed by atoms with Crippen molar-refractivity contribution in [1.29, 1.82) is 0 Å². The Bertz CT molecular complexity index is 1330. The van der Waals surface area contributed by atoms with Gasteiger partial charge in [0.25, 0.3) is 5.91 Å². The molecule has 0 aliphatic carbocycles. The second-order valence-corrected chi connectivity index (χ2v) is 10.3. The van der Waals surface area contributed by atoms with Gasteiger partial charge in [0.15, 0.2) is 15.8 Å². The fraction of sp³-hybridized carbons (Fsp3) is 0.160. The van der Waals surface area contributed by atoms with E-state index < -0.39 is 0 Å². The number of fused-ring (bicyclic) bond motifs is 1. The molecule has 180 valence electrons. The van der Waals surface area contributed by atoms with Crippen molar-refractivity contribution < 1.29 is 18.7 Å². The van der Waals surface area contributed by atoms with Gasteiger partial charge in [-0.05, 0) is 58.7 Å². The lowest BCUT2D eigenvalue weighted by atomic mass is 10.2. The van der Waals surface area contributed by atoms with E-state index in [-0.39, 0.29) is 24.1 Å². The number of hydrogen-bond acceptors (Lipinski definition) is 7. The summed E-state index contributed by atoms with van der Waals surface area (Å²) in [5, 5.41) is 4.05. The van der Waals surface area contributed by atoms with E-state index in [0.717, 1.165) is 14.6 Å². The quantitative estimate of drug-likeness (QED) is 0.135. The molecule has 35 heavy (non-hydrogen) atoms. The van der Waals surface area contributed by atoms with E-state index in [1.807, 2.05) is 31.2 Å². The molecule has 4 aromatic rings. The Morgan fingerprint density at radius 2 is 2.00 bits per heavy atom. The minimum absolute atomic E-state index is 0.0567. The molecule has 0 bridgehead atoms. The number of amides is 1. The van der Waals surface area contributed by atoms with E-state index >= 15 is 0 Å². The fourth-order valence-electron chi connectivity index (χ4n) is 3.08. The summed E-state index contributed by atoms with van der Waals surface area (Å²) >= 11 is 6.41. The van der Waals surface area contributed by atoms with Gasteiger partial charge in [-0.2, -0.15) is 5.10 Å². The van der Waals surface area contributed by atoms with Crippen LogP contribution in [0.15, 0.2) is 74.6 Å². The van der Waals surface area contributed by atoms with Crippen molar-refractivity contribution in [1.82, 2.24) is 10.4 Å². The lowest BCUT2D eigenvalue weighted by molar-refractivity contribution is -0.118. The molecule has 0 aliphatic heterocycles. The van der Waals surface area contributed by atoms with Gasteiger partial charge in [-0.25, -0.2) is 14.8 Å². The van der Waals surface area contributed by atoms with Gasteiger partial charge in [0.05, 0.1) is 33.3 Å². The first-order chi connectivity index (χ1) is 17.0. The summed E-state index contributed by atoms with van der Waals surface area (Å²) in [6.45, 7) is 2.34. The smallest absolute Gasteiger partial charge is 0.250 e. The highest BCUT2D eigenvalue weighted by Crippen LogP contribution is 2.37. The van der Waals surface area contributed by atoms with Crippen LogP contribution in [-0.2, 0) is 11.4 Å². The van der Waals surface area contributed by atoms with E-state index in [2.05, 4.69) is 31.4 Å². The van der Waals surface area contributed by atoms with E-state index in [0.29, 0.717) is 33.7 Å². The first-order valence-electron chi connectivity index (χ1n) is 10.7. The minimum atomic E-state index is -0.331. The molecule has 1 aromatic heterocycles. The molecule has 1 N–H and O–H groups in total. The molecule has 0 radical (unpaired) electrons. The molecule has 4 rings (SSSR count). The second kappa shape index (κ2) is 12.1. The largest absolute Gasteiger partial charge is 0.490 e. The van der Waals surface area contributed by atoms with Gasteiger partial charge in [0, 0.05) is 5.56 Å². The maximum Gasteiger partial charge on any atom is 0.250 e. The molecular weight excluding hydrogens is 553 g/mol. The maximum absolute atomic E-state index is 13.9. The number of hydrazone groups is 1. The third kappa shape index (κ3) is 6.81. The first kappa shape index (κ1) is 25.2. The fourth-order valence-corrected chi connectivity index (χ4v) is 5.52. The van der Waals surface area contributed by atoms with Crippen LogP contribution < -0.4 is 14.9 Å². The number of benzene rings is 3. The summed E-state index contributed by atoms with van der Waals surface area (Å²) in [6, 6.07) is 17.8. The molecule has 6 nitrogen and oxygen atoms in total. The van der Waals surface area contributed by atoms with Gasteiger partial charge in [0.2, 0.25) is 0 Å². The average Bonchev–Trinajstić information content (AvgIpc) is 3.27. The summed E-state index contributed by atoms with van der Waals surface area (Å²) in [6.07, 6.45) is 1.52. The summed E-state index contributed by atoms with van der Waals surface area (Å²) in [7, 11) is 0. The summed E-state index contributed by atoms with van der Waals surface area (Å²) in [5.41, 5.74) is 4.59. The predicted octanol–water partition coefficient (Wildman–Crippen LogP) is 6.42. The van der Waals surface area contributed by atoms with Gasteiger partial charge < -0.3 is 9.47 Å². The third-order valence-corrected chi connectivity index (χ3v) is 7.43. The van der Waals surface area contributed by atoms with Crippen LogP contribution in [0.5, 0.6) is 11.5 Å². The van der Waals surface area contributed by atoms with Gasteiger partial charge in [-0.15, -0.1) is 11.3 Å². The molecule has 1 amide bonds. The summed E-state index contributed by atoms with van der Waals surface area (Å²) in [5.74, 6) is 0.580. The highest BCUT2D eigenvalue weighted by molar-refractivity contribution is 9.10.